The summed E-state index contributed by atoms with van der Waals surface area (Å²) in [5.74, 6) is -1.01. The van der Waals surface area contributed by atoms with Crippen LogP contribution < -0.4 is 0 Å². The summed E-state index contributed by atoms with van der Waals surface area (Å²) >= 11 is 0. The van der Waals surface area contributed by atoms with E-state index < -0.39 is 12.1 Å². The van der Waals surface area contributed by atoms with Gasteiger partial charge in [0.15, 0.2) is 6.10 Å². The van der Waals surface area contributed by atoms with E-state index in [9.17, 15) is 9.59 Å². The zero-order valence-corrected chi connectivity index (χ0v) is 10.3. The van der Waals surface area contributed by atoms with Crippen molar-refractivity contribution in [1.82, 2.24) is 4.90 Å². The van der Waals surface area contributed by atoms with Gasteiger partial charge in [0.2, 0.25) is 5.91 Å². The second-order valence-corrected chi connectivity index (χ2v) is 4.71. The molecule has 0 spiro atoms. The molecule has 2 fully saturated rings. The number of amides is 1. The Morgan fingerprint density at radius 3 is 2.78 bits per heavy atom. The molecule has 2 heterocycles. The number of morpholine rings is 1. The lowest BCUT2D eigenvalue weighted by molar-refractivity contribution is -0.159. The number of ether oxygens (including phenoxy) is 2. The summed E-state index contributed by atoms with van der Waals surface area (Å²) < 4.78 is 10.5. The van der Waals surface area contributed by atoms with Crippen molar-refractivity contribution in [3.63, 3.8) is 0 Å². The minimum atomic E-state index is -1.01. The topological polar surface area (TPSA) is 76.1 Å². The molecule has 0 aromatic rings. The van der Waals surface area contributed by atoms with Gasteiger partial charge in [-0.2, -0.15) is 0 Å². The normalized spacial score (nSPS) is 28.3. The molecule has 0 aliphatic carbocycles. The highest BCUT2D eigenvalue weighted by molar-refractivity contribution is 5.78. The fourth-order valence-electron chi connectivity index (χ4n) is 2.34. The number of carboxylic acid groups (broad SMARTS) is 1. The Balaban J connectivity index is 1.75. The Kier molecular flexibility index (Phi) is 4.54. The lowest BCUT2D eigenvalue weighted by Gasteiger charge is -2.31. The van der Waals surface area contributed by atoms with Crippen molar-refractivity contribution in [1.29, 1.82) is 0 Å². The van der Waals surface area contributed by atoms with Crippen LogP contribution in [0.2, 0.25) is 0 Å². The van der Waals surface area contributed by atoms with E-state index in [1.165, 1.54) is 0 Å². The Morgan fingerprint density at radius 1 is 1.28 bits per heavy atom. The summed E-state index contributed by atoms with van der Waals surface area (Å²) in [5.41, 5.74) is 0. The van der Waals surface area contributed by atoms with Gasteiger partial charge in [0.1, 0.15) is 0 Å². The largest absolute Gasteiger partial charge is 0.479 e. The molecule has 2 saturated heterocycles. The van der Waals surface area contributed by atoms with Gasteiger partial charge < -0.3 is 19.5 Å². The van der Waals surface area contributed by atoms with E-state index in [0.29, 0.717) is 19.6 Å². The van der Waals surface area contributed by atoms with Crippen LogP contribution in [-0.2, 0) is 19.1 Å². The molecular formula is C12H19NO5. The van der Waals surface area contributed by atoms with Crippen LogP contribution in [0.4, 0.5) is 0 Å². The number of carboxylic acids is 1. The summed E-state index contributed by atoms with van der Waals surface area (Å²) in [5, 5.41) is 8.86. The Labute approximate surface area is 106 Å². The van der Waals surface area contributed by atoms with Crippen molar-refractivity contribution in [2.24, 2.45) is 0 Å². The van der Waals surface area contributed by atoms with Crippen molar-refractivity contribution >= 4 is 11.9 Å². The van der Waals surface area contributed by atoms with Crippen LogP contribution in [0.15, 0.2) is 0 Å². The van der Waals surface area contributed by atoms with Gasteiger partial charge in [0.05, 0.1) is 19.3 Å². The number of carbonyl (C=O) groups is 2. The number of nitrogens with zero attached hydrogens (tertiary/aromatic N) is 1. The third kappa shape index (κ3) is 3.43. The van der Waals surface area contributed by atoms with Crippen molar-refractivity contribution < 1.29 is 24.2 Å². The van der Waals surface area contributed by atoms with Gasteiger partial charge in [0, 0.05) is 19.6 Å². The van der Waals surface area contributed by atoms with Crippen LogP contribution in [0.25, 0.3) is 0 Å². The zero-order valence-electron chi connectivity index (χ0n) is 10.3. The molecule has 2 atom stereocenters. The Hall–Kier alpha value is -1.14. The first-order valence-electron chi connectivity index (χ1n) is 6.40. The quantitative estimate of drug-likeness (QED) is 0.781. The number of rotatable bonds is 4. The third-order valence-corrected chi connectivity index (χ3v) is 3.40. The average molecular weight is 257 g/mol. The highest BCUT2D eigenvalue weighted by Gasteiger charge is 2.29. The fourth-order valence-corrected chi connectivity index (χ4v) is 2.34. The van der Waals surface area contributed by atoms with Gasteiger partial charge in [0.25, 0.3) is 0 Å². The maximum absolute atomic E-state index is 11.9. The molecule has 2 rings (SSSR count). The smallest absolute Gasteiger partial charge is 0.334 e. The average Bonchev–Trinajstić information content (AvgIpc) is 2.89. The van der Waals surface area contributed by atoms with Gasteiger partial charge >= 0.3 is 5.97 Å². The van der Waals surface area contributed by atoms with Crippen molar-refractivity contribution in [2.75, 3.05) is 26.3 Å². The van der Waals surface area contributed by atoms with Crippen LogP contribution in [-0.4, -0.2) is 60.4 Å². The first-order valence-corrected chi connectivity index (χ1v) is 6.40. The second kappa shape index (κ2) is 6.15. The summed E-state index contributed by atoms with van der Waals surface area (Å²) in [6, 6.07) is 0. The molecule has 2 aliphatic heterocycles. The van der Waals surface area contributed by atoms with Gasteiger partial charge in [-0.3, -0.25) is 4.79 Å². The van der Waals surface area contributed by atoms with Crippen molar-refractivity contribution in [3.8, 4) is 0 Å². The molecule has 102 valence electrons. The molecule has 1 N–H and O–H groups in total. The number of aliphatic carboxylic acids is 1. The highest BCUT2D eigenvalue weighted by atomic mass is 16.5. The van der Waals surface area contributed by atoms with E-state index >= 15 is 0 Å². The first-order chi connectivity index (χ1) is 8.66. The zero-order chi connectivity index (χ0) is 13.0. The molecule has 0 aromatic heterocycles. The molecule has 0 aromatic carbocycles. The van der Waals surface area contributed by atoms with E-state index in [1.807, 2.05) is 0 Å². The summed E-state index contributed by atoms with van der Waals surface area (Å²) in [6.45, 7) is 1.72. The predicted molar refractivity (Wildman–Crippen MR) is 62.2 cm³/mol. The van der Waals surface area contributed by atoms with Crippen LogP contribution in [0.5, 0.6) is 0 Å². The molecule has 0 radical (unpaired) electrons. The van der Waals surface area contributed by atoms with Gasteiger partial charge in [-0.15, -0.1) is 0 Å². The third-order valence-electron chi connectivity index (χ3n) is 3.40. The Morgan fingerprint density at radius 2 is 2.11 bits per heavy atom. The molecule has 0 unspecified atom stereocenters. The number of carbonyl (C=O) groups excluding carboxylic acids is 1. The minimum absolute atomic E-state index is 0.0000463. The standard InChI is InChI=1S/C12H19NO5/c14-11(4-3-9-2-1-6-17-9)13-5-7-18-10(8-13)12(15)16/h9-10H,1-8H2,(H,15,16)/t9-,10-/m1/s1. The molecule has 0 bridgehead atoms. The van der Waals surface area contributed by atoms with Crippen LogP contribution in [0.3, 0.4) is 0 Å². The van der Waals surface area contributed by atoms with Gasteiger partial charge in [-0.05, 0) is 19.3 Å². The van der Waals surface area contributed by atoms with E-state index in [4.69, 9.17) is 14.6 Å². The maximum Gasteiger partial charge on any atom is 0.334 e. The summed E-state index contributed by atoms with van der Waals surface area (Å²) in [4.78, 5) is 24.3. The monoisotopic (exact) mass is 257 g/mol. The van der Waals surface area contributed by atoms with Gasteiger partial charge in [-0.1, -0.05) is 0 Å². The lowest BCUT2D eigenvalue weighted by Crippen LogP contribution is -2.48. The molecule has 18 heavy (non-hydrogen) atoms. The SMILES string of the molecule is O=C(O)[C@H]1CN(C(=O)CC[C@H]2CCCO2)CCO1. The molecule has 6 heteroatoms. The predicted octanol–water partition coefficient (Wildman–Crippen LogP) is 0.258. The van der Waals surface area contributed by atoms with Crippen molar-refractivity contribution in [2.45, 2.75) is 37.9 Å². The van der Waals surface area contributed by atoms with E-state index in [1.54, 1.807) is 4.90 Å². The molecular weight excluding hydrogens is 238 g/mol. The minimum Gasteiger partial charge on any atom is -0.479 e. The van der Waals surface area contributed by atoms with E-state index in [2.05, 4.69) is 0 Å². The molecule has 6 nitrogen and oxygen atoms in total. The summed E-state index contributed by atoms with van der Waals surface area (Å²) in [7, 11) is 0. The van der Waals surface area contributed by atoms with E-state index in [0.717, 1.165) is 25.9 Å². The second-order valence-electron chi connectivity index (χ2n) is 4.71. The number of hydrogen-bond acceptors (Lipinski definition) is 4. The lowest BCUT2D eigenvalue weighted by atomic mass is 10.1. The first kappa shape index (κ1) is 13.3. The number of hydrogen-bond donors (Lipinski definition) is 1. The van der Waals surface area contributed by atoms with Crippen LogP contribution in [0.1, 0.15) is 25.7 Å². The highest BCUT2D eigenvalue weighted by Crippen LogP contribution is 2.18. The molecule has 2 aliphatic rings. The van der Waals surface area contributed by atoms with Crippen LogP contribution >= 0.6 is 0 Å². The van der Waals surface area contributed by atoms with Gasteiger partial charge in [-0.25, -0.2) is 4.79 Å². The molecule has 1 amide bonds. The maximum atomic E-state index is 11.9. The Bertz CT molecular complexity index is 314. The van der Waals surface area contributed by atoms with E-state index in [-0.39, 0.29) is 18.6 Å². The van der Waals surface area contributed by atoms with Crippen LogP contribution in [0, 0.1) is 0 Å². The molecule has 0 saturated carbocycles. The fraction of sp³-hybridized carbons (Fsp3) is 0.833. The van der Waals surface area contributed by atoms with Crippen molar-refractivity contribution in [3.05, 3.63) is 0 Å². The summed E-state index contributed by atoms with van der Waals surface area (Å²) in [6.07, 6.45) is 2.56.